The number of nitrogens with zero attached hydrogens (tertiary/aromatic N) is 2. The van der Waals surface area contributed by atoms with E-state index in [0.717, 1.165) is 16.2 Å². The Bertz CT molecular complexity index is 1180. The summed E-state index contributed by atoms with van der Waals surface area (Å²) in [5.74, 6) is 1.96. The largest absolute Gasteiger partial charge is 0.493 e. The molecule has 0 amide bonds. The van der Waals surface area contributed by atoms with Crippen LogP contribution in [0.1, 0.15) is 48.8 Å². The van der Waals surface area contributed by atoms with Gasteiger partial charge in [-0.2, -0.15) is 0 Å². The lowest BCUT2D eigenvalue weighted by Gasteiger charge is -2.22. The number of fused-ring (bicyclic) bond motifs is 1. The van der Waals surface area contributed by atoms with Gasteiger partial charge < -0.3 is 9.47 Å². The number of halogens is 1. The van der Waals surface area contributed by atoms with Crippen LogP contribution in [0.25, 0.3) is 0 Å². The van der Waals surface area contributed by atoms with Gasteiger partial charge in [-0.05, 0) is 56.2 Å². The fraction of sp³-hybridized carbons (Fsp3) is 0.304. The average molecular weight is 458 g/mol. The number of aromatic nitrogens is 2. The van der Waals surface area contributed by atoms with Crippen molar-refractivity contribution in [3.05, 3.63) is 74.5 Å². The molecule has 0 fully saturated rings. The summed E-state index contributed by atoms with van der Waals surface area (Å²) in [5, 5.41) is 4.36. The zero-order chi connectivity index (χ0) is 22.1. The molecule has 3 aromatic rings. The second-order valence-electron chi connectivity index (χ2n) is 7.60. The highest BCUT2D eigenvalue weighted by Crippen LogP contribution is 2.45. The van der Waals surface area contributed by atoms with Gasteiger partial charge in [-0.15, -0.1) is 0 Å². The minimum atomic E-state index is -0.171. The molecule has 6 nitrogen and oxygen atoms in total. The second-order valence-corrected chi connectivity index (χ2v) is 9.33. The number of ether oxygens (including phenoxy) is 2. The van der Waals surface area contributed by atoms with Crippen LogP contribution in [0.15, 0.2) is 52.3 Å². The highest BCUT2D eigenvalue weighted by atomic mass is 35.5. The molecule has 162 valence electrons. The fourth-order valence-electron chi connectivity index (χ4n) is 3.53. The number of benzene rings is 2. The SMILES string of the molecule is COc1cc([C@@H]2SC(C)=Nc3c2c(=O)[nH]n3C(C)C)ccc1OCc1ccc(Cl)cc1. The van der Waals surface area contributed by atoms with Crippen LogP contribution in [-0.4, -0.2) is 21.9 Å². The van der Waals surface area contributed by atoms with Gasteiger partial charge in [0.1, 0.15) is 6.61 Å². The van der Waals surface area contributed by atoms with Crippen LogP contribution < -0.4 is 15.0 Å². The lowest BCUT2D eigenvalue weighted by Crippen LogP contribution is -2.13. The lowest BCUT2D eigenvalue weighted by molar-refractivity contribution is 0.284. The Hall–Kier alpha value is -2.64. The molecule has 31 heavy (non-hydrogen) atoms. The predicted octanol–water partition coefficient (Wildman–Crippen LogP) is 5.88. The molecule has 4 rings (SSSR count). The zero-order valence-corrected chi connectivity index (χ0v) is 19.4. The Morgan fingerprint density at radius 3 is 2.61 bits per heavy atom. The third-order valence-corrected chi connectivity index (χ3v) is 6.49. The van der Waals surface area contributed by atoms with Crippen LogP contribution in [0.2, 0.25) is 5.02 Å². The van der Waals surface area contributed by atoms with Gasteiger partial charge >= 0.3 is 0 Å². The molecule has 1 aliphatic rings. The van der Waals surface area contributed by atoms with Crippen molar-refractivity contribution in [2.24, 2.45) is 4.99 Å². The first-order valence-corrected chi connectivity index (χ1v) is 11.2. The number of nitrogens with one attached hydrogen (secondary N) is 1. The van der Waals surface area contributed by atoms with Crippen molar-refractivity contribution in [1.29, 1.82) is 0 Å². The topological polar surface area (TPSA) is 68.6 Å². The Labute approximate surface area is 190 Å². The number of H-pyrrole nitrogens is 1. The minimum absolute atomic E-state index is 0.106. The van der Waals surface area contributed by atoms with Gasteiger partial charge in [-0.3, -0.25) is 14.6 Å². The molecule has 0 saturated carbocycles. The van der Waals surface area contributed by atoms with Crippen molar-refractivity contribution in [2.45, 2.75) is 38.7 Å². The lowest BCUT2D eigenvalue weighted by atomic mass is 10.1. The molecule has 1 aromatic heterocycles. The van der Waals surface area contributed by atoms with Gasteiger partial charge in [0.15, 0.2) is 17.3 Å². The molecule has 2 heterocycles. The smallest absolute Gasteiger partial charge is 0.271 e. The third kappa shape index (κ3) is 4.38. The highest BCUT2D eigenvalue weighted by molar-refractivity contribution is 8.14. The third-order valence-electron chi connectivity index (χ3n) is 5.06. The summed E-state index contributed by atoms with van der Waals surface area (Å²) >= 11 is 7.51. The van der Waals surface area contributed by atoms with E-state index in [0.29, 0.717) is 34.5 Å². The maximum atomic E-state index is 12.8. The number of rotatable bonds is 6. The fourth-order valence-corrected chi connectivity index (χ4v) is 4.75. The molecule has 0 radical (unpaired) electrons. The van der Waals surface area contributed by atoms with Crippen molar-refractivity contribution >= 4 is 34.2 Å². The number of thioether (sulfide) groups is 1. The summed E-state index contributed by atoms with van der Waals surface area (Å²) in [6, 6.07) is 13.4. The van der Waals surface area contributed by atoms with E-state index in [-0.39, 0.29) is 16.9 Å². The monoisotopic (exact) mass is 457 g/mol. The molecule has 8 heteroatoms. The average Bonchev–Trinajstić information content (AvgIpc) is 3.09. The highest BCUT2D eigenvalue weighted by Gasteiger charge is 2.31. The van der Waals surface area contributed by atoms with E-state index in [1.54, 1.807) is 18.9 Å². The molecule has 1 aliphatic heterocycles. The number of hydrogen-bond acceptors (Lipinski definition) is 5. The molecular formula is C23H24ClN3O3S. The van der Waals surface area contributed by atoms with Crippen molar-refractivity contribution in [1.82, 2.24) is 9.78 Å². The van der Waals surface area contributed by atoms with E-state index in [2.05, 4.69) is 10.1 Å². The maximum absolute atomic E-state index is 12.8. The second kappa shape index (κ2) is 8.85. The number of hydrogen-bond donors (Lipinski definition) is 1. The molecular weight excluding hydrogens is 434 g/mol. The van der Waals surface area contributed by atoms with Crippen molar-refractivity contribution in [3.8, 4) is 11.5 Å². The zero-order valence-electron chi connectivity index (χ0n) is 17.8. The van der Waals surface area contributed by atoms with Crippen LogP contribution in [0.3, 0.4) is 0 Å². The van der Waals surface area contributed by atoms with E-state index in [9.17, 15) is 4.79 Å². The van der Waals surface area contributed by atoms with E-state index >= 15 is 0 Å². The number of methoxy groups -OCH3 is 1. The number of aliphatic imine (C=N–C) groups is 1. The molecule has 2 aromatic carbocycles. The van der Waals surface area contributed by atoms with Crippen LogP contribution in [0, 0.1) is 0 Å². The molecule has 0 bridgehead atoms. The van der Waals surface area contributed by atoms with E-state index < -0.39 is 0 Å². The predicted molar refractivity (Wildman–Crippen MR) is 126 cm³/mol. The van der Waals surface area contributed by atoms with Crippen molar-refractivity contribution in [3.63, 3.8) is 0 Å². The summed E-state index contributed by atoms with van der Waals surface area (Å²) < 4.78 is 13.4. The molecule has 0 aliphatic carbocycles. The normalized spacial score (nSPS) is 15.5. The minimum Gasteiger partial charge on any atom is -0.493 e. The summed E-state index contributed by atoms with van der Waals surface area (Å²) in [6.07, 6.45) is 0. The molecule has 0 unspecified atom stereocenters. The Balaban J connectivity index is 1.65. The van der Waals surface area contributed by atoms with E-state index in [1.165, 1.54) is 0 Å². The summed E-state index contributed by atoms with van der Waals surface area (Å²) in [4.78, 5) is 17.4. The first-order chi connectivity index (χ1) is 14.9. The van der Waals surface area contributed by atoms with Crippen LogP contribution in [-0.2, 0) is 6.61 Å². The van der Waals surface area contributed by atoms with E-state index in [1.807, 2.05) is 67.9 Å². The summed E-state index contributed by atoms with van der Waals surface area (Å²) in [6.45, 7) is 6.41. The summed E-state index contributed by atoms with van der Waals surface area (Å²) in [7, 11) is 1.61. The van der Waals surface area contributed by atoms with Crippen LogP contribution in [0.5, 0.6) is 11.5 Å². The van der Waals surface area contributed by atoms with Gasteiger partial charge in [0.2, 0.25) is 0 Å². The summed E-state index contributed by atoms with van der Waals surface area (Å²) in [5.41, 5.74) is 2.53. The van der Waals surface area contributed by atoms with Gasteiger partial charge in [0.25, 0.3) is 5.56 Å². The van der Waals surface area contributed by atoms with Gasteiger partial charge in [-0.1, -0.05) is 41.6 Å². The van der Waals surface area contributed by atoms with Gasteiger partial charge in [-0.25, -0.2) is 4.99 Å². The Morgan fingerprint density at radius 1 is 1.19 bits per heavy atom. The Morgan fingerprint density at radius 2 is 1.94 bits per heavy atom. The van der Waals surface area contributed by atoms with Gasteiger partial charge in [0, 0.05) is 11.1 Å². The van der Waals surface area contributed by atoms with Crippen LogP contribution >= 0.6 is 23.4 Å². The maximum Gasteiger partial charge on any atom is 0.271 e. The number of aromatic amines is 1. The Kier molecular flexibility index (Phi) is 6.16. The molecule has 0 spiro atoms. The standard InChI is InChI=1S/C23H24ClN3O3S/c1-13(2)27-22-20(23(28)26-27)21(31-14(3)25-22)16-7-10-18(19(11-16)29-4)30-12-15-5-8-17(24)9-6-15/h5-11,13,21H,12H2,1-4H3,(H,26,28)/t21-/m0/s1. The molecule has 1 N–H and O–H groups in total. The quantitative estimate of drug-likeness (QED) is 0.501. The first-order valence-electron chi connectivity index (χ1n) is 9.99. The molecule has 0 saturated heterocycles. The van der Waals surface area contributed by atoms with Gasteiger partial charge in [0.05, 0.1) is 23.0 Å². The molecule has 1 atom stereocenters. The van der Waals surface area contributed by atoms with Crippen molar-refractivity contribution in [2.75, 3.05) is 7.11 Å². The first kappa shape index (κ1) is 21.6. The van der Waals surface area contributed by atoms with Crippen LogP contribution in [0.4, 0.5) is 5.82 Å². The van der Waals surface area contributed by atoms with E-state index in [4.69, 9.17) is 21.1 Å². The van der Waals surface area contributed by atoms with Crippen molar-refractivity contribution < 1.29 is 9.47 Å².